The van der Waals surface area contributed by atoms with E-state index in [0.717, 1.165) is 41.8 Å². The van der Waals surface area contributed by atoms with E-state index >= 15 is 0 Å². The Balaban J connectivity index is 1.47. The quantitative estimate of drug-likeness (QED) is 0.469. The summed E-state index contributed by atoms with van der Waals surface area (Å²) in [5, 5.41) is 1.65. The van der Waals surface area contributed by atoms with Crippen molar-refractivity contribution in [2.24, 2.45) is 0 Å². The zero-order valence-corrected chi connectivity index (χ0v) is 22.0. The van der Waals surface area contributed by atoms with Crippen molar-refractivity contribution in [2.45, 2.75) is 58.7 Å². The highest BCUT2D eigenvalue weighted by Crippen LogP contribution is 2.27. The van der Waals surface area contributed by atoms with Gasteiger partial charge in [0.2, 0.25) is 0 Å². The fourth-order valence-electron chi connectivity index (χ4n) is 4.84. The van der Waals surface area contributed by atoms with Crippen LogP contribution in [0.15, 0.2) is 59.5 Å². The predicted molar refractivity (Wildman–Crippen MR) is 144 cm³/mol. The molecule has 1 aliphatic rings. The standard InChI is InChI=1S/C29H37N3O4/c1-6-32(23-14-17-30(18-15-23)28(34)36-29(2,3)4)24-9-12-26-22(19-24)13-16-31(27(26)33)20-21-7-10-25(35-5)11-8-21/h7-13,16,19,23H,6,14-15,17-18,20H2,1-5H3. The van der Waals surface area contributed by atoms with Crippen LogP contribution in [0, 0.1) is 0 Å². The molecule has 0 aliphatic carbocycles. The first-order valence-electron chi connectivity index (χ1n) is 12.7. The van der Waals surface area contributed by atoms with Crippen LogP contribution in [0.25, 0.3) is 10.8 Å². The first-order chi connectivity index (χ1) is 17.2. The van der Waals surface area contributed by atoms with Gasteiger partial charge in [0.15, 0.2) is 0 Å². The third kappa shape index (κ3) is 5.83. The van der Waals surface area contributed by atoms with Crippen molar-refractivity contribution in [3.63, 3.8) is 0 Å². The number of anilines is 1. The molecule has 0 saturated carbocycles. The van der Waals surface area contributed by atoms with Crippen molar-refractivity contribution in [3.8, 4) is 5.75 Å². The van der Waals surface area contributed by atoms with Gasteiger partial charge in [-0.25, -0.2) is 4.79 Å². The van der Waals surface area contributed by atoms with Crippen LogP contribution in [0.3, 0.4) is 0 Å². The van der Waals surface area contributed by atoms with E-state index in [1.807, 2.05) is 69.4 Å². The molecule has 0 N–H and O–H groups in total. The van der Waals surface area contributed by atoms with Crippen LogP contribution in [-0.2, 0) is 11.3 Å². The van der Waals surface area contributed by atoms with Gasteiger partial charge in [0.1, 0.15) is 11.4 Å². The summed E-state index contributed by atoms with van der Waals surface area (Å²) in [6, 6.07) is 16.2. The van der Waals surface area contributed by atoms with Gasteiger partial charge in [0.25, 0.3) is 5.56 Å². The smallest absolute Gasteiger partial charge is 0.410 e. The van der Waals surface area contributed by atoms with Crippen LogP contribution in [0.2, 0.25) is 0 Å². The number of fused-ring (bicyclic) bond motifs is 1. The number of carbonyl (C=O) groups excluding carboxylic acids is 1. The second-order valence-corrected chi connectivity index (χ2v) is 10.4. The Morgan fingerprint density at radius 2 is 1.75 bits per heavy atom. The molecule has 0 spiro atoms. The van der Waals surface area contributed by atoms with Gasteiger partial charge in [0, 0.05) is 42.9 Å². The van der Waals surface area contributed by atoms with E-state index in [2.05, 4.69) is 17.9 Å². The zero-order chi connectivity index (χ0) is 25.9. The molecule has 0 unspecified atom stereocenters. The predicted octanol–water partition coefficient (Wildman–Crippen LogP) is 5.28. The van der Waals surface area contributed by atoms with Crippen molar-refractivity contribution < 1.29 is 14.3 Å². The fourth-order valence-corrected chi connectivity index (χ4v) is 4.84. The first-order valence-corrected chi connectivity index (χ1v) is 12.7. The molecule has 1 aliphatic heterocycles. The lowest BCUT2D eigenvalue weighted by atomic mass is 10.0. The zero-order valence-electron chi connectivity index (χ0n) is 22.0. The molecule has 2 heterocycles. The van der Waals surface area contributed by atoms with Crippen molar-refractivity contribution in [1.29, 1.82) is 0 Å². The maximum absolute atomic E-state index is 13.2. The molecule has 0 bridgehead atoms. The van der Waals surface area contributed by atoms with Crippen molar-refractivity contribution in [2.75, 3.05) is 31.6 Å². The van der Waals surface area contributed by atoms with Gasteiger partial charge in [-0.15, -0.1) is 0 Å². The van der Waals surface area contributed by atoms with E-state index in [0.29, 0.717) is 31.1 Å². The van der Waals surface area contributed by atoms with E-state index < -0.39 is 5.60 Å². The minimum absolute atomic E-state index is 0.00332. The lowest BCUT2D eigenvalue weighted by Crippen LogP contribution is -2.48. The second kappa shape index (κ2) is 10.6. The molecule has 4 rings (SSSR count). The summed E-state index contributed by atoms with van der Waals surface area (Å²) in [6.45, 7) is 10.6. The first kappa shape index (κ1) is 25.6. The Morgan fingerprint density at radius 1 is 1.06 bits per heavy atom. The highest BCUT2D eigenvalue weighted by Gasteiger charge is 2.29. The van der Waals surface area contributed by atoms with Crippen molar-refractivity contribution >= 4 is 22.6 Å². The number of pyridine rings is 1. The molecule has 1 fully saturated rings. The number of rotatable bonds is 6. The average Bonchev–Trinajstić information content (AvgIpc) is 2.86. The molecule has 1 aromatic heterocycles. The van der Waals surface area contributed by atoms with Crippen LogP contribution in [0.5, 0.6) is 5.75 Å². The molecule has 36 heavy (non-hydrogen) atoms. The average molecular weight is 492 g/mol. The topological polar surface area (TPSA) is 64.0 Å². The molecule has 3 aromatic rings. The number of aromatic nitrogens is 1. The number of amides is 1. The Kier molecular flexibility index (Phi) is 7.57. The van der Waals surface area contributed by atoms with E-state index in [1.54, 1.807) is 16.6 Å². The van der Waals surface area contributed by atoms with Gasteiger partial charge in [0.05, 0.1) is 13.7 Å². The number of carbonyl (C=O) groups is 1. The molecule has 0 radical (unpaired) electrons. The minimum atomic E-state index is -0.484. The number of hydrogen-bond acceptors (Lipinski definition) is 5. The monoisotopic (exact) mass is 491 g/mol. The summed E-state index contributed by atoms with van der Waals surface area (Å²) in [5.74, 6) is 0.799. The van der Waals surface area contributed by atoms with Gasteiger partial charge in [-0.05, 0) is 87.9 Å². The summed E-state index contributed by atoms with van der Waals surface area (Å²) in [5.41, 5.74) is 1.67. The van der Waals surface area contributed by atoms with Gasteiger partial charge < -0.3 is 23.8 Å². The number of benzene rings is 2. The van der Waals surface area contributed by atoms with E-state index in [-0.39, 0.29) is 11.7 Å². The SMILES string of the molecule is CCN(c1ccc2c(=O)n(Cc3ccc(OC)cc3)ccc2c1)C1CCN(C(=O)OC(C)(C)C)CC1. The van der Waals surface area contributed by atoms with Gasteiger partial charge in [-0.3, -0.25) is 4.79 Å². The molecular weight excluding hydrogens is 454 g/mol. The lowest BCUT2D eigenvalue weighted by molar-refractivity contribution is 0.0205. The summed E-state index contributed by atoms with van der Waals surface area (Å²) >= 11 is 0. The maximum atomic E-state index is 13.2. The maximum Gasteiger partial charge on any atom is 0.410 e. The van der Waals surface area contributed by atoms with Crippen LogP contribution in [-0.4, -0.2) is 53.9 Å². The third-order valence-corrected chi connectivity index (χ3v) is 6.70. The van der Waals surface area contributed by atoms with Gasteiger partial charge in [-0.2, -0.15) is 0 Å². The van der Waals surface area contributed by atoms with Crippen molar-refractivity contribution in [3.05, 3.63) is 70.6 Å². The molecule has 2 aromatic carbocycles. The van der Waals surface area contributed by atoms with E-state index in [9.17, 15) is 9.59 Å². The number of ether oxygens (including phenoxy) is 2. The Morgan fingerprint density at radius 3 is 2.36 bits per heavy atom. The Labute approximate surface area is 213 Å². The largest absolute Gasteiger partial charge is 0.497 e. The summed E-state index contributed by atoms with van der Waals surface area (Å²) in [4.78, 5) is 29.8. The van der Waals surface area contributed by atoms with Crippen LogP contribution in [0.1, 0.15) is 46.1 Å². The highest BCUT2D eigenvalue weighted by atomic mass is 16.6. The Hall–Kier alpha value is -3.48. The molecular formula is C29H37N3O4. The van der Waals surface area contributed by atoms with Crippen molar-refractivity contribution in [1.82, 2.24) is 9.47 Å². The molecule has 0 atom stereocenters. The van der Waals surface area contributed by atoms with Crippen LogP contribution >= 0.6 is 0 Å². The summed E-state index contributed by atoms with van der Waals surface area (Å²) in [7, 11) is 1.64. The molecule has 192 valence electrons. The molecule has 7 nitrogen and oxygen atoms in total. The number of hydrogen-bond donors (Lipinski definition) is 0. The normalized spacial score (nSPS) is 14.6. The van der Waals surface area contributed by atoms with Gasteiger partial charge >= 0.3 is 6.09 Å². The van der Waals surface area contributed by atoms with Gasteiger partial charge in [-0.1, -0.05) is 12.1 Å². The third-order valence-electron chi connectivity index (χ3n) is 6.70. The fraction of sp³-hybridized carbons (Fsp3) is 0.448. The van der Waals surface area contributed by atoms with E-state index in [4.69, 9.17) is 9.47 Å². The number of piperidine rings is 1. The van der Waals surface area contributed by atoms with Crippen LogP contribution < -0.4 is 15.2 Å². The number of likely N-dealkylation sites (tertiary alicyclic amines) is 1. The highest BCUT2D eigenvalue weighted by molar-refractivity contribution is 5.85. The van der Waals surface area contributed by atoms with E-state index in [1.165, 1.54) is 0 Å². The summed E-state index contributed by atoms with van der Waals surface area (Å²) in [6.07, 6.45) is 3.40. The minimum Gasteiger partial charge on any atom is -0.497 e. The number of methoxy groups -OCH3 is 1. The molecule has 7 heteroatoms. The second-order valence-electron chi connectivity index (χ2n) is 10.4. The van der Waals surface area contributed by atoms with Crippen LogP contribution in [0.4, 0.5) is 10.5 Å². The number of nitrogens with zero attached hydrogens (tertiary/aromatic N) is 3. The summed E-state index contributed by atoms with van der Waals surface area (Å²) < 4.78 is 12.5. The lowest BCUT2D eigenvalue weighted by Gasteiger charge is -2.39. The molecule has 1 saturated heterocycles. The molecule has 1 amide bonds. The Bertz CT molecular complexity index is 1250.